The largest absolute Gasteiger partial charge is 0.724 e. The topological polar surface area (TPSA) is 63.4 Å². The second-order valence-electron chi connectivity index (χ2n) is 1.59. The first-order valence-electron chi connectivity index (χ1n) is 2.84. The van der Waals surface area contributed by atoms with E-state index in [2.05, 4.69) is 10.6 Å². The Morgan fingerprint density at radius 1 is 1.11 bits per heavy atom. The molecule has 4 nitrogen and oxygen atoms in total. The van der Waals surface area contributed by atoms with Crippen molar-refractivity contribution in [1.82, 2.24) is 10.6 Å². The lowest BCUT2D eigenvalue weighted by atomic mass is 10.4. The van der Waals surface area contributed by atoms with Crippen LogP contribution in [0.25, 0.3) is 5.41 Å². The molecular formula is C5H10N3O-. The third kappa shape index (κ3) is 7.30. The number of nitrogens with one attached hydrogen (secondary N) is 2. The zero-order valence-corrected chi connectivity index (χ0v) is 5.18. The van der Waals surface area contributed by atoms with Gasteiger partial charge >= 0.3 is 0 Å². The highest BCUT2D eigenvalue weighted by Crippen LogP contribution is 1.65. The zero-order valence-electron chi connectivity index (χ0n) is 5.18. The summed E-state index contributed by atoms with van der Waals surface area (Å²) in [5.74, 6) is 0. The van der Waals surface area contributed by atoms with Crippen LogP contribution in [0.4, 0.5) is 0 Å². The number of isocyanates is 1. The monoisotopic (exact) mass is 128 g/mol. The minimum absolute atomic E-state index is 0.500. The molecule has 9 heavy (non-hydrogen) atoms. The third-order valence-corrected chi connectivity index (χ3v) is 0.957. The van der Waals surface area contributed by atoms with E-state index < -0.39 is 0 Å². The van der Waals surface area contributed by atoms with Gasteiger partial charge in [0.15, 0.2) is 0 Å². The molecule has 0 atom stereocenters. The van der Waals surface area contributed by atoms with Crippen LogP contribution in [0, 0.1) is 0 Å². The lowest BCUT2D eigenvalue weighted by Crippen LogP contribution is -2.39. The number of hydrogen-bond acceptors (Lipinski definition) is 3. The van der Waals surface area contributed by atoms with Crippen molar-refractivity contribution < 1.29 is 4.79 Å². The summed E-state index contributed by atoms with van der Waals surface area (Å²) in [4.78, 5) is 8.24. The summed E-state index contributed by atoms with van der Waals surface area (Å²) in [7, 11) is 0. The molecule has 1 heterocycles. The van der Waals surface area contributed by atoms with Crippen LogP contribution >= 0.6 is 0 Å². The molecule has 0 amide bonds. The van der Waals surface area contributed by atoms with Crippen LogP contribution in [-0.2, 0) is 4.79 Å². The summed E-state index contributed by atoms with van der Waals surface area (Å²) in [6, 6.07) is 0. The molecular weight excluding hydrogens is 118 g/mol. The molecule has 52 valence electrons. The molecule has 0 spiro atoms. The molecule has 0 bridgehead atoms. The van der Waals surface area contributed by atoms with Gasteiger partial charge in [0.05, 0.1) is 0 Å². The fourth-order valence-corrected chi connectivity index (χ4v) is 0.604. The Kier molecular flexibility index (Phi) is 6.73. The molecule has 1 aliphatic rings. The van der Waals surface area contributed by atoms with Crippen LogP contribution in [0.5, 0.6) is 0 Å². The standard InChI is InChI=1S/C4H10N2.CNO/c1-2-6-4-3-5-1;2-1-3/h5-6H,1-4H2;/q;-1. The highest BCUT2D eigenvalue weighted by Gasteiger charge is 1.91. The predicted molar refractivity (Wildman–Crippen MR) is 34.8 cm³/mol. The van der Waals surface area contributed by atoms with E-state index in [0.717, 1.165) is 26.2 Å². The van der Waals surface area contributed by atoms with Crippen LogP contribution in [-0.4, -0.2) is 32.3 Å². The van der Waals surface area contributed by atoms with Gasteiger partial charge in [-0.2, -0.15) is 0 Å². The number of rotatable bonds is 0. The Balaban J connectivity index is 0.000000187. The van der Waals surface area contributed by atoms with Crippen LogP contribution in [0.3, 0.4) is 0 Å². The molecule has 1 aliphatic heterocycles. The first-order valence-corrected chi connectivity index (χ1v) is 2.84. The Morgan fingerprint density at radius 2 is 1.33 bits per heavy atom. The minimum Gasteiger partial charge on any atom is -0.724 e. The lowest BCUT2D eigenvalue weighted by Gasteiger charge is -2.11. The van der Waals surface area contributed by atoms with Crippen LogP contribution in [0.1, 0.15) is 0 Å². The van der Waals surface area contributed by atoms with Crippen LogP contribution in [0.15, 0.2) is 0 Å². The lowest BCUT2D eigenvalue weighted by molar-refractivity contribution is 0.534. The van der Waals surface area contributed by atoms with Crippen molar-refractivity contribution in [2.75, 3.05) is 26.2 Å². The molecule has 0 unspecified atom stereocenters. The normalized spacial score (nSPS) is 16.9. The van der Waals surface area contributed by atoms with Crippen molar-refractivity contribution in [3.63, 3.8) is 0 Å². The van der Waals surface area contributed by atoms with Gasteiger partial charge < -0.3 is 16.0 Å². The first kappa shape index (κ1) is 8.30. The molecule has 0 saturated carbocycles. The van der Waals surface area contributed by atoms with E-state index in [1.165, 1.54) is 0 Å². The average Bonchev–Trinajstić information content (AvgIpc) is 1.93. The van der Waals surface area contributed by atoms with Gasteiger partial charge in [0.2, 0.25) is 0 Å². The molecule has 0 radical (unpaired) electrons. The third-order valence-electron chi connectivity index (χ3n) is 0.957. The van der Waals surface area contributed by atoms with Gasteiger partial charge in [0.1, 0.15) is 0 Å². The Hall–Kier alpha value is -0.700. The average molecular weight is 128 g/mol. The van der Waals surface area contributed by atoms with E-state index in [4.69, 9.17) is 10.2 Å². The smallest absolute Gasteiger partial charge is 0.00772 e. The minimum atomic E-state index is 0.500. The summed E-state index contributed by atoms with van der Waals surface area (Å²) < 4.78 is 0. The van der Waals surface area contributed by atoms with Gasteiger partial charge in [-0.05, 0) is 6.08 Å². The Bertz CT molecular complexity index is 72.7. The first-order chi connectivity index (χ1) is 4.41. The summed E-state index contributed by atoms with van der Waals surface area (Å²) in [5, 5.41) is 13.2. The van der Waals surface area contributed by atoms with Gasteiger partial charge in [-0.15, -0.1) is 0 Å². The maximum Gasteiger partial charge on any atom is 0.00772 e. The fraction of sp³-hybridized carbons (Fsp3) is 0.800. The number of nitrogens with zero attached hydrogens (tertiary/aromatic N) is 1. The van der Waals surface area contributed by atoms with Crippen LogP contribution < -0.4 is 10.6 Å². The van der Waals surface area contributed by atoms with E-state index in [1.807, 2.05) is 0 Å². The molecule has 2 N–H and O–H groups in total. The van der Waals surface area contributed by atoms with Gasteiger partial charge in [-0.1, -0.05) is 0 Å². The Morgan fingerprint density at radius 3 is 1.44 bits per heavy atom. The molecule has 4 heteroatoms. The van der Waals surface area contributed by atoms with Crippen molar-refractivity contribution >= 4 is 6.08 Å². The zero-order chi connectivity index (χ0) is 6.95. The van der Waals surface area contributed by atoms with E-state index >= 15 is 0 Å². The number of piperazine rings is 1. The summed E-state index contributed by atoms with van der Waals surface area (Å²) in [6.07, 6.45) is 0.500. The second kappa shape index (κ2) is 7.30. The van der Waals surface area contributed by atoms with E-state index in [1.54, 1.807) is 0 Å². The van der Waals surface area contributed by atoms with Crippen molar-refractivity contribution in [2.24, 2.45) is 0 Å². The number of hydrogen-bond donors (Lipinski definition) is 2. The molecule has 0 aliphatic carbocycles. The molecule has 0 aromatic rings. The highest BCUT2D eigenvalue weighted by atomic mass is 16.1. The van der Waals surface area contributed by atoms with Crippen molar-refractivity contribution in [3.8, 4) is 0 Å². The maximum absolute atomic E-state index is 8.24. The highest BCUT2D eigenvalue weighted by molar-refractivity contribution is 5.36. The van der Waals surface area contributed by atoms with Crippen molar-refractivity contribution in [1.29, 1.82) is 0 Å². The van der Waals surface area contributed by atoms with Gasteiger partial charge in [0.25, 0.3) is 0 Å². The van der Waals surface area contributed by atoms with Crippen molar-refractivity contribution in [2.45, 2.75) is 0 Å². The summed E-state index contributed by atoms with van der Waals surface area (Å²) >= 11 is 0. The van der Waals surface area contributed by atoms with E-state index in [-0.39, 0.29) is 0 Å². The van der Waals surface area contributed by atoms with E-state index in [9.17, 15) is 0 Å². The van der Waals surface area contributed by atoms with Crippen molar-refractivity contribution in [3.05, 3.63) is 5.41 Å². The molecule has 1 fully saturated rings. The maximum atomic E-state index is 8.24. The SMILES string of the molecule is C1CNCCN1.[N-]=C=O. The Labute approximate surface area is 54.1 Å². The van der Waals surface area contributed by atoms with Crippen LogP contribution in [0.2, 0.25) is 0 Å². The second-order valence-corrected chi connectivity index (χ2v) is 1.59. The summed E-state index contributed by atoms with van der Waals surface area (Å²) in [6.45, 7) is 4.56. The molecule has 1 saturated heterocycles. The molecule has 1 rings (SSSR count). The van der Waals surface area contributed by atoms with Gasteiger partial charge in [-0.3, -0.25) is 4.79 Å². The fourth-order valence-electron chi connectivity index (χ4n) is 0.604. The van der Waals surface area contributed by atoms with E-state index in [0.29, 0.717) is 6.08 Å². The molecule has 0 aromatic heterocycles. The molecule has 0 aromatic carbocycles. The summed E-state index contributed by atoms with van der Waals surface area (Å²) in [5.41, 5.74) is 0. The quantitative estimate of drug-likeness (QED) is 0.327. The number of carbonyl (C=O) groups excluding carboxylic acids is 1. The van der Waals surface area contributed by atoms with Gasteiger partial charge in [0, 0.05) is 26.2 Å². The van der Waals surface area contributed by atoms with Gasteiger partial charge in [-0.25, -0.2) is 0 Å². The predicted octanol–water partition coefficient (Wildman–Crippen LogP) is -0.929.